The van der Waals surface area contributed by atoms with Gasteiger partial charge in [0.25, 0.3) is 0 Å². The number of esters is 1. The first kappa shape index (κ1) is 17.7. The molecule has 0 spiro atoms. The van der Waals surface area contributed by atoms with Gasteiger partial charge in [0.1, 0.15) is 5.76 Å². The summed E-state index contributed by atoms with van der Waals surface area (Å²) in [4.78, 5) is 12.4. The molecule has 2 saturated carbocycles. The lowest BCUT2D eigenvalue weighted by atomic mass is 9.54. The maximum absolute atomic E-state index is 12.4. The SMILES string of the molecule is O=C(OC1=CCC2C1C=CC1C3CC4CNNC4CC3CCC12)[C@H]1CCCO1. The Kier molecular flexibility index (Phi) is 4.39. The molecule has 5 heteroatoms. The summed E-state index contributed by atoms with van der Waals surface area (Å²) in [5.74, 6) is 5.65. The molecule has 4 fully saturated rings. The number of hydrogen-bond donors (Lipinski definition) is 2. The lowest BCUT2D eigenvalue weighted by molar-refractivity contribution is -0.150. The van der Waals surface area contributed by atoms with Crippen molar-refractivity contribution in [3.05, 3.63) is 24.0 Å². The molecule has 2 heterocycles. The zero-order valence-electron chi connectivity index (χ0n) is 16.5. The van der Waals surface area contributed by atoms with Gasteiger partial charge in [0.15, 0.2) is 6.10 Å². The summed E-state index contributed by atoms with van der Waals surface area (Å²) < 4.78 is 11.3. The molecule has 0 amide bonds. The lowest BCUT2D eigenvalue weighted by Crippen LogP contribution is -2.47. The standard InChI is InChI=1S/C23H32N2O3/c26-23(22-2-1-9-27-22)28-21-8-7-16-15-4-3-13-11-20-14(12-24-25-20)10-19(13)17(15)5-6-18(16)21/h5-6,8,13-20,22,24-25H,1-4,7,9-12H2/t13?,14?,15?,16?,17?,18?,19?,20?,22-/m1/s1. The summed E-state index contributed by atoms with van der Waals surface area (Å²) in [6.07, 6.45) is 15.0. The summed E-state index contributed by atoms with van der Waals surface area (Å²) in [6, 6.07) is 0.690. The maximum atomic E-state index is 12.4. The van der Waals surface area contributed by atoms with Crippen LogP contribution in [-0.2, 0) is 14.3 Å². The van der Waals surface area contributed by atoms with E-state index < -0.39 is 0 Å². The molecule has 0 radical (unpaired) electrons. The molecular weight excluding hydrogens is 352 g/mol. The number of hydrazine groups is 1. The Bertz CT molecular complexity index is 698. The third-order valence-electron chi connectivity index (χ3n) is 8.70. The average molecular weight is 385 g/mol. The number of fused-ring (bicyclic) bond motifs is 6. The average Bonchev–Trinajstić information content (AvgIpc) is 3.46. The molecule has 28 heavy (non-hydrogen) atoms. The molecule has 0 aromatic rings. The molecule has 6 aliphatic rings. The van der Waals surface area contributed by atoms with Gasteiger partial charge in [-0.2, -0.15) is 0 Å². The van der Waals surface area contributed by atoms with E-state index in [4.69, 9.17) is 9.47 Å². The van der Waals surface area contributed by atoms with Gasteiger partial charge in [0.05, 0.1) is 0 Å². The second-order valence-corrected chi connectivity index (χ2v) is 9.95. The second kappa shape index (κ2) is 6.96. The molecule has 0 aromatic carbocycles. The van der Waals surface area contributed by atoms with E-state index in [0.717, 1.165) is 61.2 Å². The molecule has 2 saturated heterocycles. The molecule has 152 valence electrons. The van der Waals surface area contributed by atoms with Gasteiger partial charge in [0.2, 0.25) is 0 Å². The maximum Gasteiger partial charge on any atom is 0.340 e. The first-order valence-electron chi connectivity index (χ1n) is 11.5. The Morgan fingerprint density at radius 3 is 2.93 bits per heavy atom. The fourth-order valence-corrected chi connectivity index (χ4v) is 7.36. The van der Waals surface area contributed by atoms with Gasteiger partial charge in [-0.3, -0.25) is 10.9 Å². The fraction of sp³-hybridized carbons (Fsp3) is 0.783. The largest absolute Gasteiger partial charge is 0.429 e. The quantitative estimate of drug-likeness (QED) is 0.566. The highest BCUT2D eigenvalue weighted by Gasteiger charge is 2.51. The molecule has 5 nitrogen and oxygen atoms in total. The van der Waals surface area contributed by atoms with Crippen molar-refractivity contribution in [1.29, 1.82) is 0 Å². The first-order valence-corrected chi connectivity index (χ1v) is 11.5. The summed E-state index contributed by atoms with van der Waals surface area (Å²) in [5.41, 5.74) is 6.91. The number of carbonyl (C=O) groups is 1. The van der Waals surface area contributed by atoms with E-state index in [-0.39, 0.29) is 12.1 Å². The molecule has 4 aliphatic carbocycles. The number of rotatable bonds is 2. The van der Waals surface area contributed by atoms with Crippen molar-refractivity contribution in [2.45, 2.75) is 57.1 Å². The second-order valence-electron chi connectivity index (χ2n) is 9.95. The summed E-state index contributed by atoms with van der Waals surface area (Å²) in [5, 5.41) is 0. The van der Waals surface area contributed by atoms with Crippen molar-refractivity contribution in [3.8, 4) is 0 Å². The van der Waals surface area contributed by atoms with Crippen molar-refractivity contribution < 1.29 is 14.3 Å². The smallest absolute Gasteiger partial charge is 0.340 e. The minimum absolute atomic E-state index is 0.178. The van der Waals surface area contributed by atoms with Crippen LogP contribution >= 0.6 is 0 Å². The van der Waals surface area contributed by atoms with E-state index >= 15 is 0 Å². The van der Waals surface area contributed by atoms with Crippen LogP contribution in [-0.4, -0.2) is 31.3 Å². The summed E-state index contributed by atoms with van der Waals surface area (Å²) >= 11 is 0. The van der Waals surface area contributed by atoms with E-state index in [1.807, 2.05) is 0 Å². The number of nitrogens with one attached hydrogen (secondary N) is 2. The number of ether oxygens (including phenoxy) is 2. The minimum atomic E-state index is -0.348. The summed E-state index contributed by atoms with van der Waals surface area (Å²) in [7, 11) is 0. The van der Waals surface area contributed by atoms with Crippen molar-refractivity contribution in [3.63, 3.8) is 0 Å². The van der Waals surface area contributed by atoms with E-state index in [1.54, 1.807) is 0 Å². The van der Waals surface area contributed by atoms with E-state index in [9.17, 15) is 4.79 Å². The van der Waals surface area contributed by atoms with E-state index in [2.05, 4.69) is 29.1 Å². The van der Waals surface area contributed by atoms with Crippen LogP contribution in [0, 0.1) is 41.4 Å². The first-order chi connectivity index (χ1) is 13.8. The number of carbonyl (C=O) groups excluding carboxylic acids is 1. The lowest BCUT2D eigenvalue weighted by Gasteiger charge is -2.51. The highest BCUT2D eigenvalue weighted by Crippen LogP contribution is 2.56. The summed E-state index contributed by atoms with van der Waals surface area (Å²) in [6.45, 7) is 1.82. The molecule has 9 atom stereocenters. The Hall–Kier alpha value is -1.17. The van der Waals surface area contributed by atoms with E-state index in [0.29, 0.717) is 24.5 Å². The molecule has 0 aromatic heterocycles. The third kappa shape index (κ3) is 2.81. The van der Waals surface area contributed by atoms with Crippen molar-refractivity contribution in [2.24, 2.45) is 41.4 Å². The molecule has 6 rings (SSSR count). The Morgan fingerprint density at radius 1 is 1.07 bits per heavy atom. The van der Waals surface area contributed by atoms with Gasteiger partial charge in [-0.05, 0) is 86.5 Å². The topological polar surface area (TPSA) is 59.6 Å². The van der Waals surface area contributed by atoms with Gasteiger partial charge in [-0.25, -0.2) is 4.79 Å². The van der Waals surface area contributed by atoms with Crippen LogP contribution in [0.3, 0.4) is 0 Å². The normalized spacial score (nSPS) is 49.0. The molecule has 8 unspecified atom stereocenters. The minimum Gasteiger partial charge on any atom is -0.429 e. The van der Waals surface area contributed by atoms with Crippen LogP contribution < -0.4 is 10.9 Å². The Labute approximate surface area is 167 Å². The molecule has 2 aliphatic heterocycles. The van der Waals surface area contributed by atoms with Crippen LogP contribution in [0.15, 0.2) is 24.0 Å². The molecule has 0 bridgehead atoms. The number of allylic oxidation sites excluding steroid dienone is 3. The van der Waals surface area contributed by atoms with Crippen molar-refractivity contribution >= 4 is 5.97 Å². The van der Waals surface area contributed by atoms with Crippen LogP contribution in [0.4, 0.5) is 0 Å². The van der Waals surface area contributed by atoms with Crippen molar-refractivity contribution in [2.75, 3.05) is 13.2 Å². The van der Waals surface area contributed by atoms with Gasteiger partial charge in [-0.15, -0.1) is 0 Å². The number of hydrogen-bond acceptors (Lipinski definition) is 5. The predicted molar refractivity (Wildman–Crippen MR) is 105 cm³/mol. The van der Waals surface area contributed by atoms with Crippen LogP contribution in [0.1, 0.15) is 44.9 Å². The predicted octanol–water partition coefficient (Wildman–Crippen LogP) is 2.94. The molecular formula is C23H32N2O3. The van der Waals surface area contributed by atoms with Gasteiger partial charge in [-0.1, -0.05) is 12.2 Å². The monoisotopic (exact) mass is 384 g/mol. The Balaban J connectivity index is 1.17. The van der Waals surface area contributed by atoms with Gasteiger partial charge < -0.3 is 9.47 Å². The van der Waals surface area contributed by atoms with Crippen LogP contribution in [0.5, 0.6) is 0 Å². The zero-order valence-corrected chi connectivity index (χ0v) is 16.5. The fourth-order valence-electron chi connectivity index (χ4n) is 7.36. The zero-order chi connectivity index (χ0) is 18.7. The van der Waals surface area contributed by atoms with Crippen molar-refractivity contribution in [1.82, 2.24) is 10.9 Å². The van der Waals surface area contributed by atoms with Gasteiger partial charge >= 0.3 is 5.97 Å². The highest BCUT2D eigenvalue weighted by molar-refractivity contribution is 5.76. The molecule has 2 N–H and O–H groups in total. The third-order valence-corrected chi connectivity index (χ3v) is 8.70. The van der Waals surface area contributed by atoms with Crippen LogP contribution in [0.2, 0.25) is 0 Å². The highest BCUT2D eigenvalue weighted by atomic mass is 16.6. The Morgan fingerprint density at radius 2 is 2.04 bits per heavy atom. The van der Waals surface area contributed by atoms with Crippen LogP contribution in [0.25, 0.3) is 0 Å². The van der Waals surface area contributed by atoms with E-state index in [1.165, 1.54) is 25.7 Å². The van der Waals surface area contributed by atoms with Gasteiger partial charge in [0, 0.05) is 25.1 Å².